The van der Waals surface area contributed by atoms with Crippen LogP contribution in [0.1, 0.15) is 36.5 Å². The molecule has 0 bridgehead atoms. The van der Waals surface area contributed by atoms with E-state index in [4.69, 9.17) is 9.79 Å². The number of hydrogen-bond donors (Lipinski definition) is 5. The van der Waals surface area contributed by atoms with Crippen molar-refractivity contribution in [1.82, 2.24) is 0 Å². The highest BCUT2D eigenvalue weighted by atomic mass is 31.2. The van der Waals surface area contributed by atoms with Crippen LogP contribution in [0.25, 0.3) is 0 Å². The number of phenolic OH excluding ortho intramolecular Hbond substituents is 2. The minimum absolute atomic E-state index is 0.0774. The van der Waals surface area contributed by atoms with E-state index < -0.39 is 13.9 Å². The van der Waals surface area contributed by atoms with Gasteiger partial charge in [0.05, 0.1) is 11.7 Å². The van der Waals surface area contributed by atoms with Crippen LogP contribution >= 0.6 is 7.82 Å². The van der Waals surface area contributed by atoms with Crippen molar-refractivity contribution in [2.45, 2.75) is 25.4 Å². The van der Waals surface area contributed by atoms with Gasteiger partial charge in [-0.3, -0.25) is 9.79 Å². The lowest BCUT2D eigenvalue weighted by Gasteiger charge is -2.20. The molecule has 7 nitrogen and oxygen atoms in total. The molecule has 0 aliphatic rings. The van der Waals surface area contributed by atoms with Crippen molar-refractivity contribution < 1.29 is 34.2 Å². The fraction of sp³-hybridized carbons (Fsp3) is 0.250. The molecular weight excluding hydrogens is 335 g/mol. The lowest BCUT2D eigenvalue weighted by molar-refractivity contribution is 0.153. The summed E-state index contributed by atoms with van der Waals surface area (Å²) >= 11 is 0. The summed E-state index contributed by atoms with van der Waals surface area (Å²) in [6.07, 6.45) is -1.02. The summed E-state index contributed by atoms with van der Waals surface area (Å²) in [4.78, 5) is 17.9. The van der Waals surface area contributed by atoms with Crippen molar-refractivity contribution in [1.29, 1.82) is 0 Å². The maximum atomic E-state index is 11.0. The molecule has 0 fully saturated rings. The molecule has 0 aliphatic heterocycles. The second-order valence-corrected chi connectivity index (χ2v) is 6.68. The standard InChI is InChI=1S/C16H19O7P/c1-10(11-5-7-12(17)8-6-11)9-14(19)16-13(18)3-2-4-15(16)23-24(20,21)22/h2-8,10,14,17-19H,9H2,1H3,(H2,20,21,22). The van der Waals surface area contributed by atoms with Gasteiger partial charge in [-0.05, 0) is 42.2 Å². The number of phenols is 2. The van der Waals surface area contributed by atoms with Gasteiger partial charge in [0.1, 0.15) is 17.2 Å². The number of phosphoric ester groups is 1. The van der Waals surface area contributed by atoms with Crippen molar-refractivity contribution in [3.05, 3.63) is 53.6 Å². The minimum Gasteiger partial charge on any atom is -0.508 e. The Morgan fingerprint density at radius 1 is 1.08 bits per heavy atom. The summed E-state index contributed by atoms with van der Waals surface area (Å²) in [6, 6.07) is 10.4. The third kappa shape index (κ3) is 4.72. The first kappa shape index (κ1) is 18.3. The Labute approximate surface area is 139 Å². The van der Waals surface area contributed by atoms with Crippen LogP contribution in [0.4, 0.5) is 0 Å². The average Bonchev–Trinajstić information content (AvgIpc) is 2.46. The number of hydrogen-bond acceptors (Lipinski definition) is 5. The normalized spacial score (nSPS) is 14.2. The highest BCUT2D eigenvalue weighted by molar-refractivity contribution is 7.46. The molecule has 130 valence electrons. The molecule has 2 aromatic carbocycles. The van der Waals surface area contributed by atoms with E-state index in [0.717, 1.165) is 5.56 Å². The lowest BCUT2D eigenvalue weighted by atomic mass is 9.91. The van der Waals surface area contributed by atoms with Gasteiger partial charge in [-0.15, -0.1) is 0 Å². The number of aliphatic hydroxyl groups excluding tert-OH is 1. The van der Waals surface area contributed by atoms with E-state index in [1.165, 1.54) is 30.3 Å². The van der Waals surface area contributed by atoms with E-state index in [9.17, 15) is 19.9 Å². The van der Waals surface area contributed by atoms with E-state index in [-0.39, 0.29) is 35.2 Å². The SMILES string of the molecule is CC(CC(O)c1c(O)cccc1OP(=O)(O)O)c1ccc(O)cc1. The van der Waals surface area contributed by atoms with E-state index in [2.05, 4.69) is 4.52 Å². The quantitative estimate of drug-likeness (QED) is 0.505. The maximum Gasteiger partial charge on any atom is 0.524 e. The molecule has 2 rings (SSSR count). The van der Waals surface area contributed by atoms with Gasteiger partial charge in [0.15, 0.2) is 0 Å². The van der Waals surface area contributed by atoms with Crippen LogP contribution in [0.15, 0.2) is 42.5 Å². The molecule has 2 atom stereocenters. The fourth-order valence-corrected chi connectivity index (χ4v) is 2.88. The third-order valence-corrected chi connectivity index (χ3v) is 4.07. The van der Waals surface area contributed by atoms with E-state index in [1.807, 2.05) is 6.92 Å². The lowest BCUT2D eigenvalue weighted by Crippen LogP contribution is -2.06. The summed E-state index contributed by atoms with van der Waals surface area (Å²) in [6.45, 7) is 1.85. The van der Waals surface area contributed by atoms with Crippen LogP contribution in [0.5, 0.6) is 17.2 Å². The number of aliphatic hydroxyl groups is 1. The van der Waals surface area contributed by atoms with E-state index in [1.54, 1.807) is 12.1 Å². The van der Waals surface area contributed by atoms with Gasteiger partial charge in [-0.25, -0.2) is 4.57 Å². The van der Waals surface area contributed by atoms with Crippen molar-refractivity contribution in [2.75, 3.05) is 0 Å². The second-order valence-electron chi connectivity index (χ2n) is 5.51. The molecule has 0 radical (unpaired) electrons. The van der Waals surface area contributed by atoms with Crippen molar-refractivity contribution >= 4 is 7.82 Å². The van der Waals surface area contributed by atoms with Crippen LogP contribution in [0, 0.1) is 0 Å². The molecule has 24 heavy (non-hydrogen) atoms. The van der Waals surface area contributed by atoms with Gasteiger partial charge in [0, 0.05) is 0 Å². The summed E-state index contributed by atoms with van der Waals surface area (Å²) in [5.41, 5.74) is 0.784. The van der Waals surface area contributed by atoms with Crippen LogP contribution in [0.2, 0.25) is 0 Å². The Kier molecular flexibility index (Phi) is 5.51. The minimum atomic E-state index is -4.82. The molecule has 2 aromatic rings. The average molecular weight is 354 g/mol. The van der Waals surface area contributed by atoms with Crippen molar-refractivity contribution in [3.8, 4) is 17.2 Å². The highest BCUT2D eigenvalue weighted by Gasteiger charge is 2.25. The zero-order valence-corrected chi connectivity index (χ0v) is 13.8. The Hall–Kier alpha value is -2.05. The summed E-state index contributed by atoms with van der Waals surface area (Å²) in [5, 5.41) is 29.7. The molecule has 0 spiro atoms. The second kappa shape index (κ2) is 7.23. The first-order chi connectivity index (χ1) is 11.2. The first-order valence-corrected chi connectivity index (χ1v) is 8.74. The molecular formula is C16H19O7P. The molecule has 0 heterocycles. The Morgan fingerprint density at radius 3 is 2.29 bits per heavy atom. The molecule has 0 aromatic heterocycles. The van der Waals surface area contributed by atoms with Crippen LogP contribution in [-0.2, 0) is 4.57 Å². The van der Waals surface area contributed by atoms with Crippen LogP contribution in [-0.4, -0.2) is 25.1 Å². The van der Waals surface area contributed by atoms with Crippen LogP contribution < -0.4 is 4.52 Å². The predicted octanol–water partition coefficient (Wildman–Crippen LogP) is 2.80. The monoisotopic (exact) mass is 354 g/mol. The third-order valence-electron chi connectivity index (χ3n) is 3.63. The fourth-order valence-electron chi connectivity index (χ4n) is 2.47. The molecule has 0 saturated carbocycles. The molecule has 2 unspecified atom stereocenters. The number of benzene rings is 2. The summed E-state index contributed by atoms with van der Waals surface area (Å²) < 4.78 is 15.6. The zero-order chi connectivity index (χ0) is 17.9. The summed E-state index contributed by atoms with van der Waals surface area (Å²) in [7, 11) is -4.82. The van der Waals surface area contributed by atoms with Crippen LogP contribution in [0.3, 0.4) is 0 Å². The number of aromatic hydroxyl groups is 2. The maximum absolute atomic E-state index is 11.0. The van der Waals surface area contributed by atoms with Gasteiger partial charge < -0.3 is 19.8 Å². The topological polar surface area (TPSA) is 127 Å². The summed E-state index contributed by atoms with van der Waals surface area (Å²) in [5.74, 6) is -0.590. The first-order valence-electron chi connectivity index (χ1n) is 7.21. The van der Waals surface area contributed by atoms with E-state index in [0.29, 0.717) is 0 Å². The molecule has 0 aliphatic carbocycles. The Bertz CT molecular complexity index is 739. The Balaban J connectivity index is 2.24. The van der Waals surface area contributed by atoms with Gasteiger partial charge in [0.2, 0.25) is 0 Å². The van der Waals surface area contributed by atoms with Gasteiger partial charge in [-0.2, -0.15) is 0 Å². The predicted molar refractivity (Wildman–Crippen MR) is 86.9 cm³/mol. The van der Waals surface area contributed by atoms with Gasteiger partial charge >= 0.3 is 7.82 Å². The Morgan fingerprint density at radius 2 is 1.71 bits per heavy atom. The number of phosphoric acid groups is 1. The smallest absolute Gasteiger partial charge is 0.508 e. The van der Waals surface area contributed by atoms with Gasteiger partial charge in [0.25, 0.3) is 0 Å². The van der Waals surface area contributed by atoms with Crippen molar-refractivity contribution in [2.24, 2.45) is 0 Å². The largest absolute Gasteiger partial charge is 0.524 e. The highest BCUT2D eigenvalue weighted by Crippen LogP contribution is 2.45. The zero-order valence-electron chi connectivity index (χ0n) is 12.9. The van der Waals surface area contributed by atoms with Crippen molar-refractivity contribution in [3.63, 3.8) is 0 Å². The molecule has 8 heteroatoms. The number of rotatable bonds is 6. The molecule has 5 N–H and O–H groups in total. The van der Waals surface area contributed by atoms with Gasteiger partial charge in [-0.1, -0.05) is 25.1 Å². The molecule has 0 amide bonds. The molecule has 0 saturated heterocycles. The van der Waals surface area contributed by atoms with E-state index >= 15 is 0 Å².